The Kier molecular flexibility index (Phi) is 4.29. The number of carbonyl (C=O) groups is 1. The molecule has 2 heterocycles. The minimum atomic E-state index is -1.07. The van der Waals surface area contributed by atoms with Gasteiger partial charge in [0.25, 0.3) is 0 Å². The maximum atomic E-state index is 11.0. The van der Waals surface area contributed by atoms with Crippen molar-refractivity contribution in [3.63, 3.8) is 0 Å². The van der Waals surface area contributed by atoms with E-state index in [2.05, 4.69) is 29.0 Å². The van der Waals surface area contributed by atoms with Crippen LogP contribution in [0.2, 0.25) is 0 Å². The Morgan fingerprint density at radius 3 is 3.00 bits per heavy atom. The zero-order valence-electron chi connectivity index (χ0n) is 11.2. The molecule has 106 valence electrons. The zero-order valence-corrected chi connectivity index (χ0v) is 11.2. The molecular weight excluding hydrogens is 262 g/mol. The van der Waals surface area contributed by atoms with E-state index in [0.717, 1.165) is 0 Å². The van der Waals surface area contributed by atoms with Gasteiger partial charge in [0, 0.05) is 12.6 Å². The van der Waals surface area contributed by atoms with Gasteiger partial charge >= 0.3 is 5.97 Å². The number of nitrogens with zero attached hydrogens (tertiary/aromatic N) is 3. The summed E-state index contributed by atoms with van der Waals surface area (Å²) in [6.07, 6.45) is 3.43. The van der Waals surface area contributed by atoms with Gasteiger partial charge in [-0.15, -0.1) is 0 Å². The van der Waals surface area contributed by atoms with Crippen LogP contribution in [0.1, 0.15) is 35.9 Å². The quantitative estimate of drug-likeness (QED) is 0.861. The minimum Gasteiger partial charge on any atom is -0.483 e. The fraction of sp³-hybridized carbons (Fsp3) is 0.385. The largest absolute Gasteiger partial charge is 0.483 e. The van der Waals surface area contributed by atoms with Crippen LogP contribution >= 0.6 is 0 Å². The molecule has 0 radical (unpaired) electrons. The van der Waals surface area contributed by atoms with Gasteiger partial charge in [-0.1, -0.05) is 19.0 Å². The van der Waals surface area contributed by atoms with Gasteiger partial charge in [-0.3, -0.25) is 4.98 Å². The molecule has 0 saturated heterocycles. The van der Waals surface area contributed by atoms with Crippen LogP contribution in [0, 0.1) is 5.92 Å². The van der Waals surface area contributed by atoms with E-state index in [0.29, 0.717) is 24.1 Å². The zero-order chi connectivity index (χ0) is 14.5. The number of rotatable bonds is 6. The highest BCUT2D eigenvalue weighted by molar-refractivity contribution is 5.90. The Morgan fingerprint density at radius 1 is 1.50 bits per heavy atom. The molecule has 0 atom stereocenters. The van der Waals surface area contributed by atoms with Crippen molar-refractivity contribution in [3.8, 4) is 5.75 Å². The smallest absolute Gasteiger partial charge is 0.339 e. The third kappa shape index (κ3) is 3.53. The van der Waals surface area contributed by atoms with E-state index in [1.807, 2.05) is 0 Å². The molecule has 0 fully saturated rings. The highest BCUT2D eigenvalue weighted by atomic mass is 16.5. The van der Waals surface area contributed by atoms with E-state index in [1.165, 1.54) is 18.5 Å². The summed E-state index contributed by atoms with van der Waals surface area (Å²) in [5, 5.41) is 12.8. The molecule has 0 aromatic carbocycles. The molecule has 1 N–H and O–H groups in total. The van der Waals surface area contributed by atoms with Crippen molar-refractivity contribution in [2.45, 2.75) is 26.9 Å². The molecule has 2 aromatic heterocycles. The number of hydrogen-bond donors (Lipinski definition) is 1. The first kappa shape index (κ1) is 14.0. The monoisotopic (exact) mass is 277 g/mol. The summed E-state index contributed by atoms with van der Waals surface area (Å²) in [6.45, 7) is 4.14. The molecule has 0 unspecified atom stereocenters. The van der Waals surface area contributed by atoms with Crippen molar-refractivity contribution in [1.82, 2.24) is 15.1 Å². The summed E-state index contributed by atoms with van der Waals surface area (Å²) in [6, 6.07) is 1.37. The normalized spacial score (nSPS) is 10.8. The van der Waals surface area contributed by atoms with E-state index in [4.69, 9.17) is 14.4 Å². The molecule has 0 aliphatic rings. The number of aromatic nitrogens is 3. The van der Waals surface area contributed by atoms with Crippen molar-refractivity contribution in [3.05, 3.63) is 35.7 Å². The minimum absolute atomic E-state index is 0.0353. The molecule has 20 heavy (non-hydrogen) atoms. The van der Waals surface area contributed by atoms with Crippen LogP contribution in [0.5, 0.6) is 5.75 Å². The second kappa shape index (κ2) is 6.14. The number of aromatic carboxylic acids is 1. The van der Waals surface area contributed by atoms with E-state index in [1.54, 1.807) is 0 Å². The lowest BCUT2D eigenvalue weighted by atomic mass is 10.1. The number of pyridine rings is 1. The van der Waals surface area contributed by atoms with Crippen molar-refractivity contribution in [2.75, 3.05) is 0 Å². The molecule has 7 nitrogen and oxygen atoms in total. The Hall–Kier alpha value is -2.44. The van der Waals surface area contributed by atoms with Crippen molar-refractivity contribution < 1.29 is 19.2 Å². The van der Waals surface area contributed by atoms with Gasteiger partial charge in [0.05, 0.1) is 6.20 Å². The summed E-state index contributed by atoms with van der Waals surface area (Å²) in [7, 11) is 0. The van der Waals surface area contributed by atoms with Crippen LogP contribution in [-0.2, 0) is 13.0 Å². The predicted molar refractivity (Wildman–Crippen MR) is 68.4 cm³/mol. The van der Waals surface area contributed by atoms with Crippen LogP contribution in [-0.4, -0.2) is 26.2 Å². The van der Waals surface area contributed by atoms with Gasteiger partial charge in [-0.2, -0.15) is 4.98 Å². The highest BCUT2D eigenvalue weighted by Gasteiger charge is 2.13. The van der Waals surface area contributed by atoms with Crippen molar-refractivity contribution in [1.29, 1.82) is 0 Å². The molecule has 0 aliphatic carbocycles. The Bertz CT molecular complexity index is 595. The number of carboxylic acid groups (broad SMARTS) is 1. The van der Waals surface area contributed by atoms with Gasteiger partial charge in [-0.25, -0.2) is 4.79 Å². The summed E-state index contributed by atoms with van der Waals surface area (Å²) in [5.74, 6) is 0.441. The van der Waals surface area contributed by atoms with Gasteiger partial charge in [0.2, 0.25) is 11.7 Å². The number of carboxylic acids is 1. The molecule has 2 aromatic rings. The van der Waals surface area contributed by atoms with Crippen LogP contribution in [0.3, 0.4) is 0 Å². The Labute approximate surface area is 115 Å². The lowest BCUT2D eigenvalue weighted by Crippen LogP contribution is -2.05. The third-order valence-electron chi connectivity index (χ3n) is 2.46. The summed E-state index contributed by atoms with van der Waals surface area (Å²) < 4.78 is 10.4. The summed E-state index contributed by atoms with van der Waals surface area (Å²) in [4.78, 5) is 19.0. The topological polar surface area (TPSA) is 98.3 Å². The van der Waals surface area contributed by atoms with Crippen molar-refractivity contribution >= 4 is 5.97 Å². The molecular formula is C13H15N3O4. The molecule has 7 heteroatoms. The van der Waals surface area contributed by atoms with Gasteiger partial charge < -0.3 is 14.4 Å². The van der Waals surface area contributed by atoms with Crippen LogP contribution < -0.4 is 4.74 Å². The lowest BCUT2D eigenvalue weighted by molar-refractivity contribution is 0.0691. The maximum Gasteiger partial charge on any atom is 0.339 e. The van der Waals surface area contributed by atoms with Crippen LogP contribution in [0.15, 0.2) is 23.0 Å². The maximum absolute atomic E-state index is 11.0. The molecule has 2 rings (SSSR count). The average molecular weight is 277 g/mol. The second-order valence-electron chi connectivity index (χ2n) is 4.67. The SMILES string of the molecule is CC(C)Cc1nc(COc2cnccc2C(=O)O)no1. The number of ether oxygens (including phenoxy) is 1. The van der Waals surface area contributed by atoms with E-state index in [9.17, 15) is 4.79 Å². The van der Waals surface area contributed by atoms with Gasteiger partial charge in [0.15, 0.2) is 12.4 Å². The first-order valence-corrected chi connectivity index (χ1v) is 6.18. The number of hydrogen-bond acceptors (Lipinski definition) is 6. The molecule has 0 amide bonds. The molecule has 0 aliphatic heterocycles. The average Bonchev–Trinajstić information content (AvgIpc) is 2.83. The molecule has 0 saturated carbocycles. The summed E-state index contributed by atoms with van der Waals surface area (Å²) >= 11 is 0. The van der Waals surface area contributed by atoms with Crippen molar-refractivity contribution in [2.24, 2.45) is 5.92 Å². The van der Waals surface area contributed by atoms with E-state index >= 15 is 0 Å². The lowest BCUT2D eigenvalue weighted by Gasteiger charge is -2.05. The predicted octanol–water partition coefficient (Wildman–Crippen LogP) is 1.94. The highest BCUT2D eigenvalue weighted by Crippen LogP contribution is 2.17. The van der Waals surface area contributed by atoms with Crippen LogP contribution in [0.4, 0.5) is 0 Å². The Morgan fingerprint density at radius 2 is 2.30 bits per heavy atom. The Balaban J connectivity index is 2.02. The van der Waals surface area contributed by atoms with Gasteiger partial charge in [-0.05, 0) is 12.0 Å². The molecule has 0 bridgehead atoms. The van der Waals surface area contributed by atoms with Crippen LogP contribution in [0.25, 0.3) is 0 Å². The van der Waals surface area contributed by atoms with E-state index in [-0.39, 0.29) is 17.9 Å². The fourth-order valence-electron chi connectivity index (χ4n) is 1.59. The fourth-order valence-corrected chi connectivity index (χ4v) is 1.59. The second-order valence-corrected chi connectivity index (χ2v) is 4.67. The molecule has 0 spiro atoms. The third-order valence-corrected chi connectivity index (χ3v) is 2.46. The van der Waals surface area contributed by atoms with E-state index < -0.39 is 5.97 Å². The van der Waals surface area contributed by atoms with Gasteiger partial charge in [0.1, 0.15) is 5.56 Å². The first-order valence-electron chi connectivity index (χ1n) is 6.18. The standard InChI is InChI=1S/C13H15N3O4/c1-8(2)5-12-15-11(16-20-12)7-19-10-6-14-4-3-9(10)13(17)18/h3-4,6,8H,5,7H2,1-2H3,(H,17,18). The summed E-state index contributed by atoms with van der Waals surface area (Å²) in [5.41, 5.74) is 0.0471. The first-order chi connectivity index (χ1) is 9.56.